The van der Waals surface area contributed by atoms with E-state index in [0.717, 1.165) is 0 Å². The highest BCUT2D eigenvalue weighted by Gasteiger charge is 2.25. The molecule has 0 aromatic heterocycles. The Labute approximate surface area is 143 Å². The molecule has 0 saturated carbocycles. The van der Waals surface area contributed by atoms with Crippen molar-refractivity contribution in [2.45, 2.75) is 86.0 Å². The predicted molar refractivity (Wildman–Crippen MR) is 105 cm³/mol. The monoisotopic (exact) mass is 310 g/mol. The van der Waals surface area contributed by atoms with E-state index in [-0.39, 0.29) is 0 Å². The van der Waals surface area contributed by atoms with Gasteiger partial charge in [-0.3, -0.25) is 0 Å². The highest BCUT2D eigenvalue weighted by atomic mass is 14.3. The first-order chi connectivity index (χ1) is 10.7. The molecule has 0 fully saturated rings. The normalized spacial score (nSPS) is 12.4. The Morgan fingerprint density at radius 2 is 1.00 bits per heavy atom. The van der Waals surface area contributed by atoms with E-state index in [1.54, 1.807) is 22.3 Å². The zero-order valence-corrected chi connectivity index (χ0v) is 16.5. The third-order valence-corrected chi connectivity index (χ3v) is 5.01. The molecule has 0 atom stereocenters. The highest BCUT2D eigenvalue weighted by molar-refractivity contribution is 5.94. The molecule has 0 amide bonds. The number of hydrogen-bond donors (Lipinski definition) is 0. The Morgan fingerprint density at radius 1 is 0.565 bits per heavy atom. The summed E-state index contributed by atoms with van der Waals surface area (Å²) in [6.07, 6.45) is 0. The van der Waals surface area contributed by atoms with Crippen LogP contribution in [0, 0.1) is 6.92 Å². The SMILES string of the molecule is Cc1cccc2c(C(C)C)c(C(C)C)c(C(C)C)c(C(C)C)c12. The average Bonchev–Trinajstić information content (AvgIpc) is 2.44. The predicted octanol–water partition coefficient (Wildman–Crippen LogP) is 7.64. The van der Waals surface area contributed by atoms with E-state index in [1.165, 1.54) is 16.3 Å². The maximum Gasteiger partial charge on any atom is -0.0114 e. The smallest absolute Gasteiger partial charge is 0.0114 e. The molecule has 23 heavy (non-hydrogen) atoms. The molecule has 2 aromatic rings. The van der Waals surface area contributed by atoms with Crippen LogP contribution in [0.3, 0.4) is 0 Å². The van der Waals surface area contributed by atoms with Crippen molar-refractivity contribution in [3.8, 4) is 0 Å². The number of hydrogen-bond acceptors (Lipinski definition) is 0. The molecule has 0 radical (unpaired) electrons. The van der Waals surface area contributed by atoms with Crippen LogP contribution >= 0.6 is 0 Å². The standard InChI is InChI=1S/C23H34/c1-13(2)19-18-12-10-11-17(9)23(18)22(16(7)8)21(15(5)6)20(19)14(3)4/h10-16H,1-9H3. The fraction of sp³-hybridized carbons (Fsp3) is 0.565. The topological polar surface area (TPSA) is 0 Å². The van der Waals surface area contributed by atoms with Crippen LogP contribution in [-0.4, -0.2) is 0 Å². The van der Waals surface area contributed by atoms with Crippen molar-refractivity contribution in [3.05, 3.63) is 46.0 Å². The lowest BCUT2D eigenvalue weighted by atomic mass is 9.74. The van der Waals surface area contributed by atoms with E-state index in [0.29, 0.717) is 23.7 Å². The van der Waals surface area contributed by atoms with Gasteiger partial charge in [-0.05, 0) is 69.2 Å². The third kappa shape index (κ3) is 3.05. The minimum absolute atomic E-state index is 0.551. The van der Waals surface area contributed by atoms with Crippen LogP contribution in [0.2, 0.25) is 0 Å². The minimum atomic E-state index is 0.551. The molecule has 126 valence electrons. The van der Waals surface area contributed by atoms with Gasteiger partial charge in [0.25, 0.3) is 0 Å². The molecule has 0 bridgehead atoms. The summed E-state index contributed by atoms with van der Waals surface area (Å²) >= 11 is 0. The van der Waals surface area contributed by atoms with Crippen LogP contribution in [0.15, 0.2) is 18.2 Å². The highest BCUT2D eigenvalue weighted by Crippen LogP contribution is 2.44. The second kappa shape index (κ2) is 6.67. The minimum Gasteiger partial charge on any atom is -0.0614 e. The average molecular weight is 311 g/mol. The molecule has 0 nitrogen and oxygen atoms in total. The molecule has 0 heteroatoms. The maximum atomic E-state index is 2.36. The van der Waals surface area contributed by atoms with E-state index < -0.39 is 0 Å². The van der Waals surface area contributed by atoms with Gasteiger partial charge in [0, 0.05) is 0 Å². The van der Waals surface area contributed by atoms with Crippen molar-refractivity contribution in [2.75, 3.05) is 0 Å². The lowest BCUT2D eigenvalue weighted by molar-refractivity contribution is 0.730. The molecule has 0 N–H and O–H groups in total. The maximum absolute atomic E-state index is 2.36. The van der Waals surface area contributed by atoms with Gasteiger partial charge >= 0.3 is 0 Å². The first-order valence-electron chi connectivity index (χ1n) is 9.27. The Bertz CT molecular complexity index is 700. The van der Waals surface area contributed by atoms with Crippen molar-refractivity contribution in [2.24, 2.45) is 0 Å². The molecular weight excluding hydrogens is 276 g/mol. The fourth-order valence-electron chi connectivity index (χ4n) is 4.29. The molecule has 0 aliphatic rings. The van der Waals surface area contributed by atoms with Gasteiger partial charge in [0.1, 0.15) is 0 Å². The lowest BCUT2D eigenvalue weighted by Crippen LogP contribution is -2.12. The molecule has 0 saturated heterocycles. The number of aryl methyl sites for hydroxylation is 1. The summed E-state index contributed by atoms with van der Waals surface area (Å²) in [5.41, 5.74) is 7.80. The first-order valence-corrected chi connectivity index (χ1v) is 9.27. The summed E-state index contributed by atoms with van der Waals surface area (Å²) in [4.78, 5) is 0. The van der Waals surface area contributed by atoms with Gasteiger partial charge < -0.3 is 0 Å². The summed E-state index contributed by atoms with van der Waals surface area (Å²) < 4.78 is 0. The molecule has 0 aliphatic heterocycles. The summed E-state index contributed by atoms with van der Waals surface area (Å²) in [6, 6.07) is 6.85. The van der Waals surface area contributed by atoms with Gasteiger partial charge in [-0.15, -0.1) is 0 Å². The van der Waals surface area contributed by atoms with Gasteiger partial charge in [-0.25, -0.2) is 0 Å². The number of fused-ring (bicyclic) bond motifs is 1. The van der Waals surface area contributed by atoms with E-state index in [9.17, 15) is 0 Å². The van der Waals surface area contributed by atoms with E-state index in [4.69, 9.17) is 0 Å². The van der Waals surface area contributed by atoms with Crippen LogP contribution in [0.25, 0.3) is 10.8 Å². The molecule has 0 unspecified atom stereocenters. The van der Waals surface area contributed by atoms with Gasteiger partial charge in [0.05, 0.1) is 0 Å². The van der Waals surface area contributed by atoms with E-state index in [1.807, 2.05) is 0 Å². The number of rotatable bonds is 4. The van der Waals surface area contributed by atoms with E-state index in [2.05, 4.69) is 80.5 Å². The second-order valence-electron chi connectivity index (χ2n) is 8.27. The Hall–Kier alpha value is -1.30. The summed E-state index contributed by atoms with van der Waals surface area (Å²) in [5, 5.41) is 3.00. The molecule has 0 spiro atoms. The van der Waals surface area contributed by atoms with Crippen LogP contribution in [0.1, 0.15) is 107 Å². The van der Waals surface area contributed by atoms with Crippen LogP contribution in [-0.2, 0) is 0 Å². The largest absolute Gasteiger partial charge is 0.0614 e. The van der Waals surface area contributed by atoms with Crippen molar-refractivity contribution >= 4 is 10.8 Å². The molecule has 0 heterocycles. The summed E-state index contributed by atoms with van der Waals surface area (Å²) in [7, 11) is 0. The second-order valence-corrected chi connectivity index (χ2v) is 8.27. The zero-order chi connectivity index (χ0) is 17.5. The van der Waals surface area contributed by atoms with Crippen molar-refractivity contribution in [3.63, 3.8) is 0 Å². The molecule has 2 aromatic carbocycles. The van der Waals surface area contributed by atoms with Gasteiger partial charge in [0.15, 0.2) is 0 Å². The van der Waals surface area contributed by atoms with Gasteiger partial charge in [-0.2, -0.15) is 0 Å². The number of benzene rings is 2. The van der Waals surface area contributed by atoms with Crippen molar-refractivity contribution < 1.29 is 0 Å². The van der Waals surface area contributed by atoms with Crippen molar-refractivity contribution in [1.82, 2.24) is 0 Å². The zero-order valence-electron chi connectivity index (χ0n) is 16.5. The molecule has 0 aliphatic carbocycles. The fourth-order valence-corrected chi connectivity index (χ4v) is 4.29. The Kier molecular flexibility index (Phi) is 5.23. The van der Waals surface area contributed by atoms with Gasteiger partial charge in [-0.1, -0.05) is 73.6 Å². The van der Waals surface area contributed by atoms with Crippen LogP contribution in [0.4, 0.5) is 0 Å². The van der Waals surface area contributed by atoms with Crippen molar-refractivity contribution in [1.29, 1.82) is 0 Å². The lowest BCUT2D eigenvalue weighted by Gasteiger charge is -2.30. The van der Waals surface area contributed by atoms with E-state index >= 15 is 0 Å². The quantitative estimate of drug-likeness (QED) is 0.544. The van der Waals surface area contributed by atoms with Crippen LogP contribution in [0.5, 0.6) is 0 Å². The third-order valence-electron chi connectivity index (χ3n) is 5.01. The summed E-state index contributed by atoms with van der Waals surface area (Å²) in [6.45, 7) is 21.1. The summed E-state index contributed by atoms with van der Waals surface area (Å²) in [5.74, 6) is 2.23. The van der Waals surface area contributed by atoms with Crippen LogP contribution < -0.4 is 0 Å². The Balaban J connectivity index is 3.18. The Morgan fingerprint density at radius 3 is 1.43 bits per heavy atom. The molecule has 2 rings (SSSR count). The molecular formula is C23H34. The first kappa shape index (κ1) is 18.0. The van der Waals surface area contributed by atoms with Gasteiger partial charge in [0.2, 0.25) is 0 Å².